The van der Waals surface area contributed by atoms with Crippen molar-refractivity contribution in [2.24, 2.45) is 0 Å². The lowest BCUT2D eigenvalue weighted by Gasteiger charge is -2.42. The summed E-state index contributed by atoms with van der Waals surface area (Å²) in [6.07, 6.45) is -11.2. The second-order valence-electron chi connectivity index (χ2n) is 5.41. The van der Waals surface area contributed by atoms with E-state index in [1.54, 1.807) is 0 Å². The monoisotopic (exact) mass is 366 g/mol. The van der Waals surface area contributed by atoms with Crippen molar-refractivity contribution in [3.63, 3.8) is 0 Å². The number of hydrogen-bond donors (Lipinski definition) is 1. The summed E-state index contributed by atoms with van der Waals surface area (Å²) in [5.74, 6) is -0.256. The van der Waals surface area contributed by atoms with Crippen LogP contribution in [0.15, 0.2) is 36.5 Å². The maximum atomic E-state index is 14.0. The SMILES string of the molecule is FC(F)(F)CC1(C(F)(F)F)c2cc(Cl)ccc2Nc2ncccc21. The average Bonchev–Trinajstić information content (AvgIpc) is 2.45. The van der Waals surface area contributed by atoms with Crippen LogP contribution in [0.4, 0.5) is 37.8 Å². The van der Waals surface area contributed by atoms with Gasteiger partial charge in [0, 0.05) is 22.5 Å². The molecule has 1 N–H and O–H groups in total. The lowest BCUT2D eigenvalue weighted by atomic mass is 9.69. The molecule has 0 fully saturated rings. The number of pyridine rings is 1. The van der Waals surface area contributed by atoms with Crippen molar-refractivity contribution in [1.82, 2.24) is 4.98 Å². The van der Waals surface area contributed by atoms with E-state index in [0.717, 1.165) is 12.1 Å². The molecule has 2 aromatic rings. The molecule has 1 aliphatic heterocycles. The fourth-order valence-electron chi connectivity index (χ4n) is 3.00. The number of aromatic nitrogens is 1. The minimum absolute atomic E-state index is 0.0845. The van der Waals surface area contributed by atoms with Gasteiger partial charge in [-0.25, -0.2) is 4.98 Å². The Morgan fingerprint density at radius 1 is 1.04 bits per heavy atom. The maximum Gasteiger partial charge on any atom is 0.402 e. The van der Waals surface area contributed by atoms with Gasteiger partial charge in [-0.05, 0) is 29.8 Å². The van der Waals surface area contributed by atoms with E-state index < -0.39 is 35.3 Å². The third-order valence-corrected chi connectivity index (χ3v) is 4.15. The number of hydrogen-bond acceptors (Lipinski definition) is 2. The van der Waals surface area contributed by atoms with Crippen LogP contribution < -0.4 is 5.32 Å². The molecule has 0 bridgehead atoms. The quantitative estimate of drug-likeness (QED) is 0.665. The molecule has 3 rings (SSSR count). The summed E-state index contributed by atoms with van der Waals surface area (Å²) in [6.45, 7) is 0. The van der Waals surface area contributed by atoms with Crippen LogP contribution in [0, 0.1) is 0 Å². The normalized spacial score (nSPS) is 20.1. The molecule has 1 atom stereocenters. The Hall–Kier alpha value is -1.96. The number of benzene rings is 1. The average molecular weight is 367 g/mol. The van der Waals surface area contributed by atoms with Gasteiger partial charge in [-0.1, -0.05) is 17.7 Å². The van der Waals surface area contributed by atoms with Gasteiger partial charge in [0.15, 0.2) is 0 Å². The number of anilines is 2. The van der Waals surface area contributed by atoms with Crippen molar-refractivity contribution < 1.29 is 26.3 Å². The molecule has 128 valence electrons. The van der Waals surface area contributed by atoms with Crippen LogP contribution >= 0.6 is 11.6 Å². The first-order valence-corrected chi connectivity index (χ1v) is 7.08. The summed E-state index contributed by atoms with van der Waals surface area (Å²) < 4.78 is 81.4. The number of nitrogens with zero attached hydrogens (tertiary/aromatic N) is 1. The summed E-state index contributed by atoms with van der Waals surface area (Å²) in [5.41, 5.74) is -4.53. The van der Waals surface area contributed by atoms with E-state index in [1.165, 1.54) is 24.4 Å². The second-order valence-corrected chi connectivity index (χ2v) is 5.85. The van der Waals surface area contributed by atoms with Crippen LogP contribution in [0.2, 0.25) is 5.02 Å². The van der Waals surface area contributed by atoms with Gasteiger partial charge >= 0.3 is 12.4 Å². The van der Waals surface area contributed by atoms with Gasteiger partial charge in [-0.2, -0.15) is 26.3 Å². The number of halogens is 7. The standard InChI is InChI=1S/C15H9ClF6N2/c16-8-3-4-11-10(6-8)13(15(20,21)22,7-14(17,18)19)9-2-1-5-23-12(9)24-11/h1-6H,7H2,(H,23,24). The van der Waals surface area contributed by atoms with Gasteiger partial charge in [0.05, 0.1) is 6.42 Å². The van der Waals surface area contributed by atoms with E-state index in [9.17, 15) is 26.3 Å². The van der Waals surface area contributed by atoms with Gasteiger partial charge in [-0.3, -0.25) is 0 Å². The van der Waals surface area contributed by atoms with E-state index in [0.29, 0.717) is 0 Å². The molecule has 1 aliphatic rings. The first-order valence-electron chi connectivity index (χ1n) is 6.71. The van der Waals surface area contributed by atoms with Crippen LogP contribution in [-0.4, -0.2) is 17.3 Å². The summed E-state index contributed by atoms with van der Waals surface area (Å²) in [4.78, 5) is 3.77. The molecule has 0 aliphatic carbocycles. The van der Waals surface area contributed by atoms with Crippen molar-refractivity contribution in [3.8, 4) is 0 Å². The Labute approximate surface area is 137 Å². The van der Waals surface area contributed by atoms with E-state index in [1.807, 2.05) is 0 Å². The van der Waals surface area contributed by atoms with Gasteiger partial charge in [0.25, 0.3) is 0 Å². The lowest BCUT2D eigenvalue weighted by molar-refractivity contribution is -0.222. The van der Waals surface area contributed by atoms with E-state index in [-0.39, 0.29) is 16.5 Å². The summed E-state index contributed by atoms with van der Waals surface area (Å²) in [5, 5.41) is 2.56. The zero-order valence-corrected chi connectivity index (χ0v) is 12.5. The topological polar surface area (TPSA) is 24.9 Å². The summed E-state index contributed by atoms with van der Waals surface area (Å²) >= 11 is 5.76. The third kappa shape index (κ3) is 2.58. The Bertz CT molecular complexity index is 786. The highest BCUT2D eigenvalue weighted by atomic mass is 35.5. The molecule has 24 heavy (non-hydrogen) atoms. The molecule has 0 radical (unpaired) electrons. The van der Waals surface area contributed by atoms with E-state index in [2.05, 4.69) is 10.3 Å². The fraction of sp³-hybridized carbons (Fsp3) is 0.267. The van der Waals surface area contributed by atoms with Crippen LogP contribution in [0.3, 0.4) is 0 Å². The molecular formula is C15H9ClF6N2. The van der Waals surface area contributed by atoms with Gasteiger partial charge < -0.3 is 5.32 Å². The van der Waals surface area contributed by atoms with Crippen LogP contribution in [0.25, 0.3) is 0 Å². The molecule has 0 amide bonds. The maximum absolute atomic E-state index is 14.0. The van der Waals surface area contributed by atoms with Crippen molar-refractivity contribution in [1.29, 1.82) is 0 Å². The first-order chi connectivity index (χ1) is 11.0. The second kappa shape index (κ2) is 5.27. The predicted octanol–water partition coefficient (Wildman–Crippen LogP) is 5.59. The van der Waals surface area contributed by atoms with E-state index >= 15 is 0 Å². The molecule has 0 saturated carbocycles. The molecule has 1 aromatic heterocycles. The molecule has 1 unspecified atom stereocenters. The highest BCUT2D eigenvalue weighted by Gasteiger charge is 2.64. The zero-order valence-electron chi connectivity index (χ0n) is 11.8. The summed E-state index contributed by atoms with van der Waals surface area (Å²) in [6, 6.07) is 5.60. The Morgan fingerprint density at radius 2 is 1.75 bits per heavy atom. The Balaban J connectivity index is 2.40. The fourth-order valence-corrected chi connectivity index (χ4v) is 3.17. The van der Waals surface area contributed by atoms with E-state index in [4.69, 9.17) is 11.6 Å². The van der Waals surface area contributed by atoms with Crippen LogP contribution in [0.5, 0.6) is 0 Å². The molecule has 0 spiro atoms. The van der Waals surface area contributed by atoms with Crippen LogP contribution in [-0.2, 0) is 5.41 Å². The first kappa shape index (κ1) is 16.9. The molecule has 2 nitrogen and oxygen atoms in total. The van der Waals surface area contributed by atoms with Crippen molar-refractivity contribution >= 4 is 23.1 Å². The number of nitrogens with one attached hydrogen (secondary N) is 1. The van der Waals surface area contributed by atoms with Gasteiger partial charge in [-0.15, -0.1) is 0 Å². The minimum Gasteiger partial charge on any atom is -0.340 e. The van der Waals surface area contributed by atoms with Crippen molar-refractivity contribution in [3.05, 3.63) is 52.7 Å². The molecule has 1 aromatic carbocycles. The zero-order chi connectivity index (χ0) is 17.8. The molecule has 0 saturated heterocycles. The molecule has 2 heterocycles. The minimum atomic E-state index is -5.21. The number of rotatable bonds is 1. The van der Waals surface area contributed by atoms with Gasteiger partial charge in [0.1, 0.15) is 11.2 Å². The lowest BCUT2D eigenvalue weighted by Crippen LogP contribution is -2.49. The largest absolute Gasteiger partial charge is 0.402 e. The number of alkyl halides is 6. The predicted molar refractivity (Wildman–Crippen MR) is 76.5 cm³/mol. The highest BCUT2D eigenvalue weighted by molar-refractivity contribution is 6.30. The van der Waals surface area contributed by atoms with Crippen LogP contribution in [0.1, 0.15) is 17.5 Å². The Kier molecular flexibility index (Phi) is 3.71. The van der Waals surface area contributed by atoms with Gasteiger partial charge in [0.2, 0.25) is 0 Å². The highest BCUT2D eigenvalue weighted by Crippen LogP contribution is 2.58. The molecule has 9 heteroatoms. The Morgan fingerprint density at radius 3 is 2.38 bits per heavy atom. The molecular weight excluding hydrogens is 358 g/mol. The van der Waals surface area contributed by atoms with Crippen molar-refractivity contribution in [2.45, 2.75) is 24.2 Å². The third-order valence-electron chi connectivity index (χ3n) is 3.91. The summed E-state index contributed by atoms with van der Waals surface area (Å²) in [7, 11) is 0. The smallest absolute Gasteiger partial charge is 0.340 e. The van der Waals surface area contributed by atoms with Crippen molar-refractivity contribution in [2.75, 3.05) is 5.32 Å². The number of fused-ring (bicyclic) bond motifs is 2.